The fourth-order valence-corrected chi connectivity index (χ4v) is 7.62. The second kappa shape index (κ2) is 10.1. The lowest BCUT2D eigenvalue weighted by molar-refractivity contribution is -0.124. The predicted molar refractivity (Wildman–Crippen MR) is 141 cm³/mol. The van der Waals surface area contributed by atoms with Crippen LogP contribution in [0, 0.1) is 6.92 Å². The van der Waals surface area contributed by atoms with Crippen LogP contribution in [0.1, 0.15) is 62.8 Å². The van der Waals surface area contributed by atoms with Gasteiger partial charge in [-0.25, -0.2) is 8.42 Å². The van der Waals surface area contributed by atoms with Gasteiger partial charge in [0.15, 0.2) is 0 Å². The molecule has 5 rings (SSSR count). The van der Waals surface area contributed by atoms with Crippen molar-refractivity contribution < 1.29 is 17.6 Å². The number of benzene rings is 1. The van der Waals surface area contributed by atoms with E-state index in [2.05, 4.69) is 4.98 Å². The maximum absolute atomic E-state index is 13.6. The third-order valence-corrected chi connectivity index (χ3v) is 9.84. The number of thiocarbonyl (C=S) groups is 1. The van der Waals surface area contributed by atoms with Gasteiger partial charge in [-0.15, -0.1) is 0 Å². The standard InChI is InChI=1S/C25H29N3O4S3/c1-17-10-12-19(13-11-17)35(30,31)22-24(27-14-6-3-7-15-27)32-21(26-22)16-20-23(29)28(25(33)34-20)18-8-4-2-5-9-18/h10-13,16,18H,2-9,14-15H2,1H3. The topological polar surface area (TPSA) is 83.7 Å². The number of aryl methyl sites for hydroxylation is 1. The van der Waals surface area contributed by atoms with Crippen LogP contribution in [0.4, 0.5) is 5.88 Å². The molecule has 0 spiro atoms. The molecule has 0 bridgehead atoms. The van der Waals surface area contributed by atoms with E-state index in [1.54, 1.807) is 35.2 Å². The Morgan fingerprint density at radius 2 is 1.71 bits per heavy atom. The van der Waals surface area contributed by atoms with E-state index < -0.39 is 9.84 Å². The Labute approximate surface area is 215 Å². The summed E-state index contributed by atoms with van der Waals surface area (Å²) in [5.41, 5.74) is 0.973. The quantitative estimate of drug-likeness (QED) is 0.378. The molecule has 2 aromatic rings. The van der Waals surface area contributed by atoms with Crippen LogP contribution in [0.25, 0.3) is 6.08 Å². The average molecular weight is 532 g/mol. The number of sulfone groups is 1. The van der Waals surface area contributed by atoms with E-state index in [0.29, 0.717) is 22.3 Å². The number of hydrogen-bond donors (Lipinski definition) is 0. The smallest absolute Gasteiger partial charge is 0.266 e. The van der Waals surface area contributed by atoms with Crippen molar-refractivity contribution >= 4 is 56.0 Å². The Morgan fingerprint density at radius 1 is 1.06 bits per heavy atom. The van der Waals surface area contributed by atoms with Gasteiger partial charge in [0.05, 0.1) is 9.80 Å². The van der Waals surface area contributed by atoms with E-state index in [4.69, 9.17) is 16.6 Å². The second-order valence-electron chi connectivity index (χ2n) is 9.37. The van der Waals surface area contributed by atoms with Crippen LogP contribution in [0.5, 0.6) is 0 Å². The highest BCUT2D eigenvalue weighted by Crippen LogP contribution is 2.39. The largest absolute Gasteiger partial charge is 0.420 e. The summed E-state index contributed by atoms with van der Waals surface area (Å²) in [7, 11) is -3.90. The number of aromatic nitrogens is 1. The molecule has 1 aliphatic carbocycles. The fourth-order valence-electron chi connectivity index (χ4n) is 4.92. The Morgan fingerprint density at radius 3 is 2.40 bits per heavy atom. The van der Waals surface area contributed by atoms with Gasteiger partial charge in [-0.05, 0) is 51.2 Å². The lowest BCUT2D eigenvalue weighted by Gasteiger charge is -2.29. The van der Waals surface area contributed by atoms with Gasteiger partial charge in [-0.3, -0.25) is 9.69 Å². The van der Waals surface area contributed by atoms with Crippen molar-refractivity contribution in [2.45, 2.75) is 74.3 Å². The first-order chi connectivity index (χ1) is 16.8. The number of thioether (sulfide) groups is 1. The summed E-state index contributed by atoms with van der Waals surface area (Å²) in [4.78, 5) is 21.9. The molecule has 1 amide bonds. The summed E-state index contributed by atoms with van der Waals surface area (Å²) in [5, 5.41) is -0.0998. The Kier molecular flexibility index (Phi) is 7.05. The van der Waals surface area contributed by atoms with Crippen molar-refractivity contribution in [3.05, 3.63) is 40.6 Å². The minimum Gasteiger partial charge on any atom is -0.420 e. The maximum atomic E-state index is 13.6. The SMILES string of the molecule is Cc1ccc(S(=O)(=O)c2nc(C=C3SC(=S)N(C4CCCCC4)C3=O)oc2N2CCCCC2)cc1. The van der Waals surface area contributed by atoms with Crippen LogP contribution >= 0.6 is 24.0 Å². The van der Waals surface area contributed by atoms with E-state index in [0.717, 1.165) is 50.5 Å². The van der Waals surface area contributed by atoms with Gasteiger partial charge in [0.2, 0.25) is 26.6 Å². The highest BCUT2D eigenvalue weighted by Gasteiger charge is 2.38. The minimum absolute atomic E-state index is 0.0998. The maximum Gasteiger partial charge on any atom is 0.266 e. The first-order valence-corrected chi connectivity index (χ1v) is 14.9. The second-order valence-corrected chi connectivity index (χ2v) is 12.9. The molecule has 0 unspecified atom stereocenters. The minimum atomic E-state index is -3.90. The molecule has 2 saturated heterocycles. The van der Waals surface area contributed by atoms with Crippen LogP contribution in [0.3, 0.4) is 0 Å². The number of carbonyl (C=O) groups excluding carboxylic acids is 1. The molecule has 7 nitrogen and oxygen atoms in total. The molecule has 1 saturated carbocycles. The zero-order chi connectivity index (χ0) is 24.6. The van der Waals surface area contributed by atoms with Gasteiger partial charge in [0, 0.05) is 25.2 Å². The Balaban J connectivity index is 1.51. The Hall–Kier alpha value is -2.17. The van der Waals surface area contributed by atoms with Crippen LogP contribution in [0.15, 0.2) is 43.5 Å². The van der Waals surface area contributed by atoms with E-state index in [9.17, 15) is 13.2 Å². The third kappa shape index (κ3) is 4.93. The third-order valence-electron chi connectivity index (χ3n) is 6.84. The number of piperidine rings is 1. The van der Waals surface area contributed by atoms with Crippen molar-refractivity contribution in [1.82, 2.24) is 9.88 Å². The number of amides is 1. The van der Waals surface area contributed by atoms with Gasteiger partial charge in [0.1, 0.15) is 4.32 Å². The van der Waals surface area contributed by atoms with Crippen LogP contribution in [-0.2, 0) is 14.6 Å². The predicted octanol–water partition coefficient (Wildman–Crippen LogP) is 5.34. The molecular weight excluding hydrogens is 502 g/mol. The molecule has 3 aliphatic rings. The highest BCUT2D eigenvalue weighted by molar-refractivity contribution is 8.26. The molecule has 10 heteroatoms. The highest BCUT2D eigenvalue weighted by atomic mass is 32.2. The monoisotopic (exact) mass is 531 g/mol. The molecule has 3 fully saturated rings. The molecule has 0 atom stereocenters. The molecule has 1 aromatic carbocycles. The van der Waals surface area contributed by atoms with Gasteiger partial charge >= 0.3 is 0 Å². The van der Waals surface area contributed by atoms with Gasteiger partial charge in [-0.2, -0.15) is 4.98 Å². The van der Waals surface area contributed by atoms with Gasteiger partial charge < -0.3 is 9.32 Å². The van der Waals surface area contributed by atoms with E-state index >= 15 is 0 Å². The number of oxazole rings is 1. The van der Waals surface area contributed by atoms with E-state index in [1.807, 2.05) is 11.8 Å². The summed E-state index contributed by atoms with van der Waals surface area (Å²) in [6.07, 6.45) is 9.85. The van der Waals surface area contributed by atoms with Crippen LogP contribution in [0.2, 0.25) is 0 Å². The zero-order valence-corrected chi connectivity index (χ0v) is 22.2. The van der Waals surface area contributed by atoms with Gasteiger partial charge in [0.25, 0.3) is 5.91 Å². The summed E-state index contributed by atoms with van der Waals surface area (Å²) in [6, 6.07) is 6.85. The molecule has 2 aliphatic heterocycles. The van der Waals surface area contributed by atoms with Crippen molar-refractivity contribution in [2.24, 2.45) is 0 Å². The van der Waals surface area contributed by atoms with Crippen molar-refractivity contribution in [3.8, 4) is 0 Å². The molecule has 35 heavy (non-hydrogen) atoms. The molecule has 186 valence electrons. The fraction of sp³-hybridized carbons (Fsp3) is 0.480. The Bertz CT molecular complexity index is 1260. The van der Waals surface area contributed by atoms with E-state index in [-0.39, 0.29) is 33.6 Å². The number of hydrogen-bond acceptors (Lipinski definition) is 8. The molecule has 1 aromatic heterocycles. The zero-order valence-electron chi connectivity index (χ0n) is 19.7. The molecular formula is C25H29N3O4S3. The number of nitrogens with zero attached hydrogens (tertiary/aromatic N) is 3. The van der Waals surface area contributed by atoms with E-state index in [1.165, 1.54) is 18.2 Å². The number of rotatable bonds is 5. The average Bonchev–Trinajstić information content (AvgIpc) is 3.41. The van der Waals surface area contributed by atoms with Crippen molar-refractivity contribution in [2.75, 3.05) is 18.0 Å². The number of anilines is 1. The molecule has 0 radical (unpaired) electrons. The molecule has 0 N–H and O–H groups in total. The van der Waals surface area contributed by atoms with Crippen molar-refractivity contribution in [3.63, 3.8) is 0 Å². The first kappa shape index (κ1) is 24.5. The van der Waals surface area contributed by atoms with Gasteiger partial charge in [-0.1, -0.05) is 60.9 Å². The summed E-state index contributed by atoms with van der Waals surface area (Å²) >= 11 is 6.76. The lowest BCUT2D eigenvalue weighted by atomic mass is 9.94. The summed E-state index contributed by atoms with van der Waals surface area (Å²) in [5.74, 6) is 0.215. The molecule has 3 heterocycles. The number of carbonyl (C=O) groups is 1. The summed E-state index contributed by atoms with van der Waals surface area (Å²) < 4.78 is 33.7. The van der Waals surface area contributed by atoms with Crippen molar-refractivity contribution in [1.29, 1.82) is 0 Å². The van der Waals surface area contributed by atoms with Crippen LogP contribution in [-0.4, -0.2) is 47.7 Å². The van der Waals surface area contributed by atoms with Crippen LogP contribution < -0.4 is 4.90 Å². The first-order valence-electron chi connectivity index (χ1n) is 12.2. The summed E-state index contributed by atoms with van der Waals surface area (Å²) in [6.45, 7) is 3.32. The normalized spacial score (nSPS) is 21.3. The lowest BCUT2D eigenvalue weighted by Crippen LogP contribution is -2.39.